The molecule has 1 aromatic heterocycles. The van der Waals surface area contributed by atoms with E-state index in [1.54, 1.807) is 7.11 Å². The minimum atomic E-state index is -0.777. The van der Waals surface area contributed by atoms with Crippen LogP contribution in [0.15, 0.2) is 36.4 Å². The maximum atomic E-state index is 13.0. The van der Waals surface area contributed by atoms with Gasteiger partial charge in [0.1, 0.15) is 10.6 Å². The number of carboxylic acids is 1. The molecule has 1 saturated heterocycles. The minimum Gasteiger partial charge on any atom is -0.495 e. The molecule has 6 heteroatoms. The molecule has 138 valence electrons. The summed E-state index contributed by atoms with van der Waals surface area (Å²) in [5, 5.41) is 8.88. The summed E-state index contributed by atoms with van der Waals surface area (Å²) < 4.78 is 5.45. The van der Waals surface area contributed by atoms with Crippen LogP contribution in [0.3, 0.4) is 0 Å². The Bertz CT molecular complexity index is 771. The maximum absolute atomic E-state index is 13.0. The molecule has 1 aliphatic heterocycles. The summed E-state index contributed by atoms with van der Waals surface area (Å²) in [4.78, 5) is 27.3. The first kappa shape index (κ1) is 18.5. The summed E-state index contributed by atoms with van der Waals surface area (Å²) in [6, 6.07) is 11.9. The van der Waals surface area contributed by atoms with Crippen LogP contribution in [0.4, 0.5) is 0 Å². The Morgan fingerprint density at radius 2 is 2.08 bits per heavy atom. The number of ether oxygens (including phenoxy) is 1. The van der Waals surface area contributed by atoms with Crippen LogP contribution in [0.1, 0.15) is 35.4 Å². The Morgan fingerprint density at radius 1 is 1.31 bits per heavy atom. The van der Waals surface area contributed by atoms with E-state index in [0.29, 0.717) is 30.1 Å². The van der Waals surface area contributed by atoms with Crippen LogP contribution >= 0.6 is 11.3 Å². The van der Waals surface area contributed by atoms with Gasteiger partial charge in [-0.25, -0.2) is 0 Å². The molecule has 0 aliphatic carbocycles. The van der Waals surface area contributed by atoms with E-state index in [4.69, 9.17) is 9.84 Å². The zero-order chi connectivity index (χ0) is 18.5. The van der Waals surface area contributed by atoms with Gasteiger partial charge in [0.05, 0.1) is 7.11 Å². The Hall–Kier alpha value is -2.34. The lowest BCUT2D eigenvalue weighted by Gasteiger charge is -2.32. The summed E-state index contributed by atoms with van der Waals surface area (Å²) >= 11 is 1.45. The molecule has 0 saturated carbocycles. The number of hydrogen-bond donors (Lipinski definition) is 1. The van der Waals surface area contributed by atoms with Gasteiger partial charge in [-0.2, -0.15) is 0 Å². The second-order valence-corrected chi connectivity index (χ2v) is 7.62. The van der Waals surface area contributed by atoms with Crippen LogP contribution in [-0.2, 0) is 4.79 Å². The normalized spacial score (nSPS) is 17.1. The smallest absolute Gasteiger partial charge is 0.303 e. The largest absolute Gasteiger partial charge is 0.495 e. The first-order valence-electron chi connectivity index (χ1n) is 8.82. The molecule has 1 fully saturated rings. The number of methoxy groups -OCH3 is 1. The monoisotopic (exact) mass is 373 g/mol. The topological polar surface area (TPSA) is 66.8 Å². The van der Waals surface area contributed by atoms with Gasteiger partial charge < -0.3 is 14.7 Å². The van der Waals surface area contributed by atoms with E-state index >= 15 is 0 Å². The fraction of sp³-hybridized carbons (Fsp3) is 0.400. The number of carboxylic acid groups (broad SMARTS) is 1. The highest BCUT2D eigenvalue weighted by atomic mass is 32.1. The SMILES string of the molecule is COc1cc(-c2ccccc2)sc1C(=O)N1CCCC(CCC(=O)O)C1. The van der Waals surface area contributed by atoms with Crippen LogP contribution in [-0.4, -0.2) is 42.1 Å². The molecule has 2 heterocycles. The fourth-order valence-electron chi connectivity index (χ4n) is 3.38. The Morgan fingerprint density at radius 3 is 2.77 bits per heavy atom. The second kappa shape index (κ2) is 8.36. The van der Waals surface area contributed by atoms with Gasteiger partial charge in [0.25, 0.3) is 5.91 Å². The van der Waals surface area contributed by atoms with Crippen molar-refractivity contribution in [1.82, 2.24) is 4.90 Å². The van der Waals surface area contributed by atoms with E-state index in [9.17, 15) is 9.59 Å². The molecule has 1 unspecified atom stereocenters. The van der Waals surface area contributed by atoms with Gasteiger partial charge in [-0.3, -0.25) is 9.59 Å². The van der Waals surface area contributed by atoms with Crippen LogP contribution in [0, 0.1) is 5.92 Å². The number of thiophene rings is 1. The highest BCUT2D eigenvalue weighted by Crippen LogP contribution is 2.37. The standard InChI is InChI=1S/C20H23NO4S/c1-25-16-12-17(15-7-3-2-4-8-15)26-19(16)20(24)21-11-5-6-14(13-21)9-10-18(22)23/h2-4,7-8,12,14H,5-6,9-11,13H2,1H3,(H,22,23). The van der Waals surface area contributed by atoms with Gasteiger partial charge in [-0.1, -0.05) is 30.3 Å². The Balaban J connectivity index is 1.76. The molecule has 0 spiro atoms. The van der Waals surface area contributed by atoms with E-state index in [1.165, 1.54) is 11.3 Å². The van der Waals surface area contributed by atoms with Crippen molar-refractivity contribution < 1.29 is 19.4 Å². The van der Waals surface area contributed by atoms with Crippen molar-refractivity contribution in [2.75, 3.05) is 20.2 Å². The van der Waals surface area contributed by atoms with Crippen LogP contribution in [0.5, 0.6) is 5.75 Å². The number of rotatable bonds is 6. The maximum Gasteiger partial charge on any atom is 0.303 e. The third-order valence-corrected chi connectivity index (χ3v) is 5.90. The Labute approximate surface area is 157 Å². The van der Waals surface area contributed by atoms with E-state index in [1.807, 2.05) is 41.3 Å². The van der Waals surface area contributed by atoms with Crippen molar-refractivity contribution in [2.45, 2.75) is 25.7 Å². The number of nitrogens with zero attached hydrogens (tertiary/aromatic N) is 1. The van der Waals surface area contributed by atoms with E-state index in [-0.39, 0.29) is 18.2 Å². The molecule has 1 N–H and O–H groups in total. The molecule has 2 aromatic rings. The Kier molecular flexibility index (Phi) is 5.93. The van der Waals surface area contributed by atoms with Crippen molar-refractivity contribution in [3.05, 3.63) is 41.3 Å². The summed E-state index contributed by atoms with van der Waals surface area (Å²) in [5.41, 5.74) is 1.06. The molecular formula is C20H23NO4S. The fourth-order valence-corrected chi connectivity index (χ4v) is 4.48. The van der Waals surface area contributed by atoms with Gasteiger partial charge in [0.15, 0.2) is 0 Å². The molecule has 1 atom stereocenters. The zero-order valence-corrected chi connectivity index (χ0v) is 15.6. The molecule has 5 nitrogen and oxygen atoms in total. The highest BCUT2D eigenvalue weighted by molar-refractivity contribution is 7.17. The number of carbonyl (C=O) groups excluding carboxylic acids is 1. The van der Waals surface area contributed by atoms with Crippen LogP contribution in [0.2, 0.25) is 0 Å². The van der Waals surface area contributed by atoms with Crippen molar-refractivity contribution in [1.29, 1.82) is 0 Å². The zero-order valence-electron chi connectivity index (χ0n) is 14.8. The number of aliphatic carboxylic acids is 1. The number of benzene rings is 1. The summed E-state index contributed by atoms with van der Waals surface area (Å²) in [6.07, 6.45) is 2.67. The van der Waals surface area contributed by atoms with Crippen molar-refractivity contribution in [3.8, 4) is 16.2 Å². The average molecular weight is 373 g/mol. The van der Waals surface area contributed by atoms with Crippen LogP contribution in [0.25, 0.3) is 10.4 Å². The van der Waals surface area contributed by atoms with Crippen LogP contribution < -0.4 is 4.74 Å². The van der Waals surface area contributed by atoms with Crippen molar-refractivity contribution in [3.63, 3.8) is 0 Å². The highest BCUT2D eigenvalue weighted by Gasteiger charge is 2.28. The van der Waals surface area contributed by atoms with Crippen molar-refractivity contribution in [2.24, 2.45) is 5.92 Å². The molecule has 1 aromatic carbocycles. The molecule has 0 bridgehead atoms. The lowest BCUT2D eigenvalue weighted by atomic mass is 9.93. The molecule has 26 heavy (non-hydrogen) atoms. The van der Waals surface area contributed by atoms with Gasteiger partial charge in [-0.15, -0.1) is 11.3 Å². The lowest BCUT2D eigenvalue weighted by Crippen LogP contribution is -2.39. The van der Waals surface area contributed by atoms with E-state index in [0.717, 1.165) is 23.3 Å². The summed E-state index contributed by atoms with van der Waals surface area (Å²) in [6.45, 7) is 1.33. The van der Waals surface area contributed by atoms with Gasteiger partial charge >= 0.3 is 5.97 Å². The van der Waals surface area contributed by atoms with E-state index in [2.05, 4.69) is 0 Å². The third-order valence-electron chi connectivity index (χ3n) is 4.74. The average Bonchev–Trinajstić information content (AvgIpc) is 3.11. The van der Waals surface area contributed by atoms with Crippen molar-refractivity contribution >= 4 is 23.2 Å². The van der Waals surface area contributed by atoms with Gasteiger partial charge in [-0.05, 0) is 36.8 Å². The second-order valence-electron chi connectivity index (χ2n) is 6.57. The summed E-state index contributed by atoms with van der Waals surface area (Å²) in [7, 11) is 1.58. The predicted octanol–water partition coefficient (Wildman–Crippen LogP) is 4.14. The summed E-state index contributed by atoms with van der Waals surface area (Å²) in [5.74, 6) is 0.0600. The molecule has 1 aliphatic rings. The molecular weight excluding hydrogens is 350 g/mol. The van der Waals surface area contributed by atoms with Gasteiger partial charge in [0.2, 0.25) is 0 Å². The first-order chi connectivity index (χ1) is 12.6. The number of piperidine rings is 1. The molecule has 0 radical (unpaired) electrons. The van der Waals surface area contributed by atoms with Gasteiger partial charge in [0, 0.05) is 24.4 Å². The number of hydrogen-bond acceptors (Lipinski definition) is 4. The van der Waals surface area contributed by atoms with E-state index < -0.39 is 5.97 Å². The predicted molar refractivity (Wildman–Crippen MR) is 102 cm³/mol. The number of carbonyl (C=O) groups is 2. The molecule has 3 rings (SSSR count). The quantitative estimate of drug-likeness (QED) is 0.826. The first-order valence-corrected chi connectivity index (χ1v) is 9.64. The number of likely N-dealkylation sites (tertiary alicyclic amines) is 1. The molecule has 1 amide bonds. The minimum absolute atomic E-state index is 0.0194. The third kappa shape index (κ3) is 4.25. The lowest BCUT2D eigenvalue weighted by molar-refractivity contribution is -0.137. The number of amides is 1.